The molecule has 2 aliphatic rings. The van der Waals surface area contributed by atoms with E-state index in [0.29, 0.717) is 43.6 Å². The number of anilines is 1. The maximum atomic E-state index is 15.0. The van der Waals surface area contributed by atoms with Crippen molar-refractivity contribution in [1.82, 2.24) is 30.0 Å². The minimum absolute atomic E-state index is 0.109. The van der Waals surface area contributed by atoms with Crippen LogP contribution in [0.25, 0.3) is 22.2 Å². The number of amides is 2. The molecule has 0 spiro atoms. The van der Waals surface area contributed by atoms with Gasteiger partial charge in [-0.2, -0.15) is 9.49 Å². The predicted molar refractivity (Wildman–Crippen MR) is 208 cm³/mol. The molecular formula is C42H46F3N7O5. The summed E-state index contributed by atoms with van der Waals surface area (Å²) in [4.78, 5) is 38.6. The molecule has 0 radical (unpaired) electrons. The molecule has 2 fully saturated rings. The highest BCUT2D eigenvalue weighted by molar-refractivity contribution is 5.94. The van der Waals surface area contributed by atoms with Crippen LogP contribution in [0.2, 0.25) is 0 Å². The van der Waals surface area contributed by atoms with Crippen LogP contribution < -0.4 is 19.7 Å². The first-order chi connectivity index (χ1) is 27.3. The van der Waals surface area contributed by atoms with Gasteiger partial charge in [-0.15, -0.1) is 0 Å². The molecule has 15 heteroatoms. The van der Waals surface area contributed by atoms with Crippen molar-refractivity contribution in [2.45, 2.75) is 64.7 Å². The van der Waals surface area contributed by atoms with E-state index in [1.54, 1.807) is 41.6 Å². The van der Waals surface area contributed by atoms with Crippen molar-refractivity contribution in [3.05, 3.63) is 95.7 Å². The minimum Gasteiger partial charge on any atom is -0.497 e. The van der Waals surface area contributed by atoms with Gasteiger partial charge >= 0.3 is 6.09 Å². The lowest BCUT2D eigenvalue weighted by Gasteiger charge is -2.36. The van der Waals surface area contributed by atoms with E-state index >= 15 is 0 Å². The van der Waals surface area contributed by atoms with E-state index in [4.69, 9.17) is 24.3 Å². The third-order valence-electron chi connectivity index (χ3n) is 10.3. The third-order valence-corrected chi connectivity index (χ3v) is 10.3. The Labute approximate surface area is 328 Å². The minimum atomic E-state index is -1.55. The number of aromatic nitrogens is 4. The molecule has 1 saturated carbocycles. The molecule has 0 bridgehead atoms. The number of methoxy groups -OCH3 is 1. The first kappa shape index (κ1) is 39.4. The SMILES string of the molecule is COc1ccc(COc2c(F)cc(C(=O)NCC3CCC(n4cc5ccc(-c6cncc(N7CCN(C(=O)OC(C)(C)C)CC7)n6)cc5n4)CC3)c(F)c2F)cc1. The summed E-state index contributed by atoms with van der Waals surface area (Å²) in [6.07, 6.45) is 8.38. The lowest BCUT2D eigenvalue weighted by Crippen LogP contribution is -2.50. The number of carbonyl (C=O) groups excluding carboxylic acids is 2. The summed E-state index contributed by atoms with van der Waals surface area (Å²) < 4.78 is 62.5. The molecule has 3 aromatic carbocycles. The van der Waals surface area contributed by atoms with Gasteiger partial charge < -0.3 is 29.3 Å². The van der Waals surface area contributed by atoms with E-state index in [-0.39, 0.29) is 31.2 Å². The Morgan fingerprint density at radius 2 is 1.65 bits per heavy atom. The van der Waals surface area contributed by atoms with Crippen LogP contribution in [-0.4, -0.2) is 82.1 Å². The van der Waals surface area contributed by atoms with Gasteiger partial charge in [0.25, 0.3) is 5.91 Å². The van der Waals surface area contributed by atoms with Crippen molar-refractivity contribution in [2.75, 3.05) is 44.7 Å². The number of ether oxygens (including phenoxy) is 3. The van der Waals surface area contributed by atoms with Gasteiger partial charge in [0.2, 0.25) is 5.82 Å². The summed E-state index contributed by atoms with van der Waals surface area (Å²) in [7, 11) is 1.52. The van der Waals surface area contributed by atoms with Crippen LogP contribution in [0.3, 0.4) is 0 Å². The largest absolute Gasteiger partial charge is 0.497 e. The second kappa shape index (κ2) is 16.7. The Kier molecular flexibility index (Phi) is 11.5. The van der Waals surface area contributed by atoms with Gasteiger partial charge in [-0.25, -0.2) is 18.6 Å². The number of hydrogen-bond donors (Lipinski definition) is 1. The maximum Gasteiger partial charge on any atom is 0.410 e. The second-order valence-electron chi connectivity index (χ2n) is 15.5. The average molecular weight is 786 g/mol. The average Bonchev–Trinajstić information content (AvgIpc) is 3.65. The van der Waals surface area contributed by atoms with Crippen LogP contribution in [0.5, 0.6) is 11.5 Å². The summed E-state index contributed by atoms with van der Waals surface area (Å²) in [6, 6.07) is 13.5. The fraction of sp³-hybridized carbons (Fsp3) is 0.405. The monoisotopic (exact) mass is 785 g/mol. The van der Waals surface area contributed by atoms with E-state index in [2.05, 4.69) is 15.2 Å². The Hall–Kier alpha value is -5.86. The summed E-state index contributed by atoms with van der Waals surface area (Å²) >= 11 is 0. The van der Waals surface area contributed by atoms with Crippen LogP contribution >= 0.6 is 0 Å². The van der Waals surface area contributed by atoms with Crippen molar-refractivity contribution in [3.63, 3.8) is 0 Å². The fourth-order valence-corrected chi connectivity index (χ4v) is 7.17. The quantitative estimate of drug-likeness (QED) is 0.142. The molecule has 5 aromatic rings. The van der Waals surface area contributed by atoms with E-state index in [0.717, 1.165) is 53.7 Å². The molecule has 12 nitrogen and oxygen atoms in total. The Balaban J connectivity index is 0.911. The van der Waals surface area contributed by atoms with Gasteiger partial charge in [0.15, 0.2) is 17.4 Å². The standard InChI is InChI=1S/C42H46F3N7O5/c1-42(2,3)57-41(54)51-17-15-50(16-18-51)36-23-46-22-35(48-36)28-9-10-29-24-52(49-34(29)19-28)30-11-5-26(6-12-30)21-47-40(53)32-20-33(43)39(38(45)37(32)44)56-25-27-7-13-31(55-4)14-8-27/h7-10,13-14,19-20,22-24,26,30H,5-6,11-12,15-18,21,25H2,1-4H3,(H,47,53). The highest BCUT2D eigenvalue weighted by Crippen LogP contribution is 2.34. The molecule has 1 aliphatic carbocycles. The van der Waals surface area contributed by atoms with Crippen molar-refractivity contribution >= 4 is 28.7 Å². The molecule has 1 aliphatic heterocycles. The molecule has 57 heavy (non-hydrogen) atoms. The van der Waals surface area contributed by atoms with Crippen LogP contribution in [-0.2, 0) is 11.3 Å². The highest BCUT2D eigenvalue weighted by Gasteiger charge is 2.29. The molecule has 3 heterocycles. The van der Waals surface area contributed by atoms with Gasteiger partial charge in [0.05, 0.1) is 42.3 Å². The number of piperazine rings is 1. The first-order valence-electron chi connectivity index (χ1n) is 19.1. The van der Waals surface area contributed by atoms with Crippen molar-refractivity contribution < 1.29 is 37.0 Å². The number of halogens is 3. The normalized spacial score (nSPS) is 17.4. The van der Waals surface area contributed by atoms with Gasteiger partial charge in [0, 0.05) is 49.9 Å². The van der Waals surface area contributed by atoms with Gasteiger partial charge in [0.1, 0.15) is 23.8 Å². The number of fused-ring (bicyclic) bond motifs is 1. The summed E-state index contributed by atoms with van der Waals surface area (Å²) in [5.74, 6) is -4.51. The topological polar surface area (TPSA) is 124 Å². The second-order valence-corrected chi connectivity index (χ2v) is 15.5. The molecular weight excluding hydrogens is 739 g/mol. The van der Waals surface area contributed by atoms with Crippen molar-refractivity contribution in [1.29, 1.82) is 0 Å². The third kappa shape index (κ3) is 9.24. The van der Waals surface area contributed by atoms with E-state index < -0.39 is 40.3 Å². The number of nitrogens with zero attached hydrogens (tertiary/aromatic N) is 6. The van der Waals surface area contributed by atoms with Gasteiger partial charge in [-0.05, 0) is 82.2 Å². The van der Waals surface area contributed by atoms with Crippen molar-refractivity contribution in [2.24, 2.45) is 5.92 Å². The van der Waals surface area contributed by atoms with E-state index in [9.17, 15) is 22.8 Å². The van der Waals surface area contributed by atoms with Crippen LogP contribution in [0, 0.1) is 23.4 Å². The van der Waals surface area contributed by atoms with E-state index in [1.165, 1.54) is 7.11 Å². The predicted octanol–water partition coefficient (Wildman–Crippen LogP) is 7.72. The number of rotatable bonds is 10. The lowest BCUT2D eigenvalue weighted by atomic mass is 9.86. The smallest absolute Gasteiger partial charge is 0.410 e. The van der Waals surface area contributed by atoms with Crippen LogP contribution in [0.15, 0.2) is 67.1 Å². The van der Waals surface area contributed by atoms with E-state index in [1.807, 2.05) is 49.8 Å². The summed E-state index contributed by atoms with van der Waals surface area (Å²) in [5, 5.41) is 8.57. The molecule has 7 rings (SSSR count). The zero-order valence-corrected chi connectivity index (χ0v) is 32.4. The highest BCUT2D eigenvalue weighted by atomic mass is 19.2. The summed E-state index contributed by atoms with van der Waals surface area (Å²) in [6.45, 7) is 7.90. The number of carbonyl (C=O) groups is 2. The summed E-state index contributed by atoms with van der Waals surface area (Å²) in [5.41, 5.74) is 1.78. The number of hydrogen-bond acceptors (Lipinski definition) is 9. The maximum absolute atomic E-state index is 15.0. The van der Waals surface area contributed by atoms with Crippen LogP contribution in [0.4, 0.5) is 23.8 Å². The first-order valence-corrected chi connectivity index (χ1v) is 19.1. The Morgan fingerprint density at radius 1 is 0.912 bits per heavy atom. The molecule has 300 valence electrons. The van der Waals surface area contributed by atoms with Crippen molar-refractivity contribution in [3.8, 4) is 22.8 Å². The number of benzene rings is 3. The van der Waals surface area contributed by atoms with Gasteiger partial charge in [-0.1, -0.05) is 24.3 Å². The lowest BCUT2D eigenvalue weighted by molar-refractivity contribution is 0.0240. The molecule has 1 N–H and O–H groups in total. The Morgan fingerprint density at radius 3 is 2.35 bits per heavy atom. The molecule has 2 amide bonds. The molecule has 0 unspecified atom stereocenters. The molecule has 1 saturated heterocycles. The molecule has 2 aromatic heterocycles. The fourth-order valence-electron chi connectivity index (χ4n) is 7.17. The molecule has 0 atom stereocenters. The Bertz CT molecular complexity index is 2230. The zero-order chi connectivity index (χ0) is 40.3. The zero-order valence-electron chi connectivity index (χ0n) is 32.4. The van der Waals surface area contributed by atoms with Gasteiger partial charge in [-0.3, -0.25) is 14.5 Å². The number of nitrogens with one attached hydrogen (secondary N) is 1. The van der Waals surface area contributed by atoms with Crippen LogP contribution in [0.1, 0.15) is 68.4 Å².